The minimum absolute atomic E-state index is 0.184. The van der Waals surface area contributed by atoms with Gasteiger partial charge in [-0.15, -0.1) is 0 Å². The summed E-state index contributed by atoms with van der Waals surface area (Å²) in [6.45, 7) is 6.69. The van der Waals surface area contributed by atoms with Crippen molar-refractivity contribution in [3.05, 3.63) is 71.4 Å². The molecule has 0 fully saturated rings. The summed E-state index contributed by atoms with van der Waals surface area (Å²) in [6.07, 6.45) is 4.46. The van der Waals surface area contributed by atoms with Gasteiger partial charge in [-0.1, -0.05) is 19.1 Å². The van der Waals surface area contributed by atoms with Crippen molar-refractivity contribution in [2.24, 2.45) is 0 Å². The highest BCUT2D eigenvalue weighted by atomic mass is 16.5. The van der Waals surface area contributed by atoms with Gasteiger partial charge in [0.05, 0.1) is 12.1 Å². The van der Waals surface area contributed by atoms with Crippen LogP contribution >= 0.6 is 0 Å². The summed E-state index contributed by atoms with van der Waals surface area (Å²) in [5.74, 6) is 1.99. The first kappa shape index (κ1) is 18.6. The Bertz CT molecular complexity index is 933. The maximum Gasteiger partial charge on any atom is 0.255 e. The van der Waals surface area contributed by atoms with Crippen LogP contribution in [0.2, 0.25) is 0 Å². The quantitative estimate of drug-likeness (QED) is 0.654. The molecule has 0 saturated heterocycles. The fourth-order valence-electron chi connectivity index (χ4n) is 2.79. The number of amides is 1. The van der Waals surface area contributed by atoms with Gasteiger partial charge in [0.2, 0.25) is 0 Å². The Balaban J connectivity index is 1.64. The first-order chi connectivity index (χ1) is 13.1. The molecule has 27 heavy (non-hydrogen) atoms. The van der Waals surface area contributed by atoms with E-state index in [1.807, 2.05) is 42.7 Å². The van der Waals surface area contributed by atoms with E-state index < -0.39 is 0 Å². The number of benzene rings is 1. The number of ether oxygens (including phenoxy) is 1. The highest BCUT2D eigenvalue weighted by molar-refractivity contribution is 5.97. The van der Waals surface area contributed by atoms with E-state index in [2.05, 4.69) is 28.3 Å². The number of aryl methyl sites for hydroxylation is 3. The molecule has 0 saturated carbocycles. The zero-order valence-electron chi connectivity index (χ0n) is 15.9. The van der Waals surface area contributed by atoms with Gasteiger partial charge in [-0.3, -0.25) is 9.36 Å². The van der Waals surface area contributed by atoms with Crippen LogP contribution in [0.15, 0.2) is 48.8 Å². The third kappa shape index (κ3) is 4.53. The van der Waals surface area contributed by atoms with Crippen LogP contribution < -0.4 is 10.1 Å². The van der Waals surface area contributed by atoms with Crippen LogP contribution in [-0.2, 0) is 6.42 Å². The van der Waals surface area contributed by atoms with Gasteiger partial charge in [-0.25, -0.2) is 9.97 Å². The van der Waals surface area contributed by atoms with Gasteiger partial charge in [0.1, 0.15) is 18.2 Å². The van der Waals surface area contributed by atoms with Crippen molar-refractivity contribution in [1.82, 2.24) is 19.9 Å². The second kappa shape index (κ2) is 8.49. The van der Waals surface area contributed by atoms with Crippen LogP contribution in [0.1, 0.15) is 34.4 Å². The van der Waals surface area contributed by atoms with Crippen molar-refractivity contribution >= 4 is 5.91 Å². The summed E-state index contributed by atoms with van der Waals surface area (Å²) < 4.78 is 7.54. The summed E-state index contributed by atoms with van der Waals surface area (Å²) in [4.78, 5) is 21.4. The molecule has 0 atom stereocenters. The molecule has 2 heterocycles. The molecule has 6 heteroatoms. The molecule has 0 radical (unpaired) electrons. The molecule has 140 valence electrons. The zero-order chi connectivity index (χ0) is 19.2. The number of hydrogen-bond donors (Lipinski definition) is 1. The average Bonchev–Trinajstić information content (AvgIpc) is 3.11. The molecule has 2 aromatic heterocycles. The molecule has 3 rings (SSSR count). The lowest BCUT2D eigenvalue weighted by molar-refractivity contribution is 0.0946. The second-order valence-corrected chi connectivity index (χ2v) is 6.27. The largest absolute Gasteiger partial charge is 0.492 e. The van der Waals surface area contributed by atoms with E-state index in [1.54, 1.807) is 18.5 Å². The van der Waals surface area contributed by atoms with Gasteiger partial charge in [0.15, 0.2) is 5.82 Å². The van der Waals surface area contributed by atoms with Crippen molar-refractivity contribution in [1.29, 1.82) is 0 Å². The number of carbonyl (C=O) groups excluding carboxylic acids is 1. The van der Waals surface area contributed by atoms with Gasteiger partial charge in [-0.05, 0) is 50.1 Å². The number of hydrogen-bond acceptors (Lipinski definition) is 4. The number of pyridine rings is 1. The molecule has 6 nitrogen and oxygen atoms in total. The Morgan fingerprint density at radius 2 is 2.07 bits per heavy atom. The van der Waals surface area contributed by atoms with Crippen molar-refractivity contribution in [2.75, 3.05) is 13.2 Å². The van der Waals surface area contributed by atoms with Crippen LogP contribution in [-0.4, -0.2) is 33.6 Å². The molecule has 0 bridgehead atoms. The SMILES string of the molecule is CCc1cccc(OCCNC(=O)c2ccc(C)nc2-n2ccnc2C)c1. The molecular formula is C21H24N4O2. The summed E-state index contributed by atoms with van der Waals surface area (Å²) in [7, 11) is 0. The van der Waals surface area contributed by atoms with Crippen LogP contribution in [0.25, 0.3) is 5.82 Å². The summed E-state index contributed by atoms with van der Waals surface area (Å²) >= 11 is 0. The maximum absolute atomic E-state index is 12.7. The van der Waals surface area contributed by atoms with E-state index in [0.29, 0.717) is 24.5 Å². The Morgan fingerprint density at radius 3 is 2.81 bits per heavy atom. The molecule has 0 aliphatic rings. The van der Waals surface area contributed by atoms with Crippen molar-refractivity contribution in [3.8, 4) is 11.6 Å². The molecule has 1 N–H and O–H groups in total. The van der Waals surface area contributed by atoms with E-state index in [0.717, 1.165) is 23.7 Å². The monoisotopic (exact) mass is 364 g/mol. The fraction of sp³-hybridized carbons (Fsp3) is 0.286. The number of nitrogens with zero attached hydrogens (tertiary/aromatic N) is 3. The minimum Gasteiger partial charge on any atom is -0.492 e. The lowest BCUT2D eigenvalue weighted by Gasteiger charge is -2.12. The van der Waals surface area contributed by atoms with Gasteiger partial charge < -0.3 is 10.1 Å². The fourth-order valence-corrected chi connectivity index (χ4v) is 2.79. The van der Waals surface area contributed by atoms with Crippen LogP contribution in [0.3, 0.4) is 0 Å². The average molecular weight is 364 g/mol. The van der Waals surface area contributed by atoms with Gasteiger partial charge in [-0.2, -0.15) is 0 Å². The standard InChI is InChI=1S/C21H24N4O2/c1-4-17-6-5-7-18(14-17)27-13-11-23-21(26)19-9-8-15(2)24-20(19)25-12-10-22-16(25)3/h5-10,12,14H,4,11,13H2,1-3H3,(H,23,26). The van der Waals surface area contributed by atoms with Crippen LogP contribution in [0.5, 0.6) is 5.75 Å². The molecule has 0 aliphatic heterocycles. The number of rotatable bonds is 7. The van der Waals surface area contributed by atoms with Gasteiger partial charge in [0, 0.05) is 18.1 Å². The van der Waals surface area contributed by atoms with Gasteiger partial charge in [0.25, 0.3) is 5.91 Å². The van der Waals surface area contributed by atoms with Crippen molar-refractivity contribution < 1.29 is 9.53 Å². The number of nitrogens with one attached hydrogen (secondary N) is 1. The lowest BCUT2D eigenvalue weighted by Crippen LogP contribution is -2.29. The highest BCUT2D eigenvalue weighted by Gasteiger charge is 2.15. The van der Waals surface area contributed by atoms with Gasteiger partial charge >= 0.3 is 0 Å². The minimum atomic E-state index is -0.184. The smallest absolute Gasteiger partial charge is 0.255 e. The maximum atomic E-state index is 12.7. The lowest BCUT2D eigenvalue weighted by atomic mass is 10.2. The van der Waals surface area contributed by atoms with E-state index in [1.165, 1.54) is 5.56 Å². The van der Waals surface area contributed by atoms with Crippen LogP contribution in [0.4, 0.5) is 0 Å². The topological polar surface area (TPSA) is 69.0 Å². The molecule has 0 aliphatic carbocycles. The Hall–Kier alpha value is -3.15. The Labute approximate surface area is 159 Å². The predicted octanol–water partition coefficient (Wildman–Crippen LogP) is 3.26. The van der Waals surface area contributed by atoms with E-state index in [-0.39, 0.29) is 5.91 Å². The second-order valence-electron chi connectivity index (χ2n) is 6.27. The third-order valence-corrected chi connectivity index (χ3v) is 4.28. The molecule has 0 unspecified atom stereocenters. The predicted molar refractivity (Wildman–Crippen MR) is 104 cm³/mol. The molecular weight excluding hydrogens is 340 g/mol. The zero-order valence-corrected chi connectivity index (χ0v) is 15.9. The molecule has 1 amide bonds. The first-order valence-electron chi connectivity index (χ1n) is 9.06. The van der Waals surface area contributed by atoms with E-state index >= 15 is 0 Å². The summed E-state index contributed by atoms with van der Waals surface area (Å²) in [5, 5.41) is 2.90. The Morgan fingerprint density at radius 1 is 1.22 bits per heavy atom. The Kier molecular flexibility index (Phi) is 5.86. The first-order valence-corrected chi connectivity index (χ1v) is 9.06. The van der Waals surface area contributed by atoms with Crippen molar-refractivity contribution in [2.45, 2.75) is 27.2 Å². The third-order valence-electron chi connectivity index (χ3n) is 4.28. The van der Waals surface area contributed by atoms with E-state index in [4.69, 9.17) is 4.74 Å². The summed E-state index contributed by atoms with van der Waals surface area (Å²) in [5.41, 5.74) is 2.58. The normalized spacial score (nSPS) is 10.6. The number of aromatic nitrogens is 3. The van der Waals surface area contributed by atoms with Crippen molar-refractivity contribution in [3.63, 3.8) is 0 Å². The van der Waals surface area contributed by atoms with E-state index in [9.17, 15) is 4.79 Å². The van der Waals surface area contributed by atoms with Crippen LogP contribution in [0, 0.1) is 13.8 Å². The number of carbonyl (C=O) groups is 1. The highest BCUT2D eigenvalue weighted by Crippen LogP contribution is 2.15. The summed E-state index contributed by atoms with van der Waals surface area (Å²) in [6, 6.07) is 11.6. The molecule has 3 aromatic rings. The number of imidazole rings is 1. The molecule has 1 aromatic carbocycles. The molecule has 0 spiro atoms.